The molecule has 0 saturated carbocycles. The van der Waals surface area contributed by atoms with Gasteiger partial charge in [-0.1, -0.05) is 12.1 Å². The lowest BCUT2D eigenvalue weighted by Crippen LogP contribution is -2.04. The van der Waals surface area contributed by atoms with E-state index in [0.717, 1.165) is 5.69 Å². The molecular formula is C13H9N5O. The quantitative estimate of drug-likeness (QED) is 0.749. The van der Waals surface area contributed by atoms with Crippen molar-refractivity contribution in [2.75, 3.05) is 11.1 Å². The summed E-state index contributed by atoms with van der Waals surface area (Å²) in [5.41, 5.74) is 7.04. The molecule has 2 aromatic rings. The third-order valence-corrected chi connectivity index (χ3v) is 2.62. The van der Waals surface area contributed by atoms with Crippen LogP contribution in [0.25, 0.3) is 5.57 Å². The van der Waals surface area contributed by atoms with E-state index in [0.29, 0.717) is 17.3 Å². The van der Waals surface area contributed by atoms with Crippen LogP contribution in [0.3, 0.4) is 0 Å². The van der Waals surface area contributed by atoms with E-state index in [9.17, 15) is 5.26 Å². The maximum atomic E-state index is 9.28. The van der Waals surface area contributed by atoms with Crippen molar-refractivity contribution in [2.24, 2.45) is 0 Å². The molecule has 92 valence electrons. The van der Waals surface area contributed by atoms with Gasteiger partial charge in [0.25, 0.3) is 0 Å². The average molecular weight is 251 g/mol. The van der Waals surface area contributed by atoms with Crippen LogP contribution in [-0.4, -0.2) is 9.97 Å². The van der Waals surface area contributed by atoms with Crippen molar-refractivity contribution in [3.05, 3.63) is 48.1 Å². The number of rotatable bonds is 1. The molecule has 3 rings (SSSR count). The van der Waals surface area contributed by atoms with Gasteiger partial charge in [-0.15, -0.1) is 0 Å². The number of nitrogens with two attached hydrogens (primary N) is 1. The lowest BCUT2D eigenvalue weighted by Gasteiger charge is -2.03. The predicted molar refractivity (Wildman–Crippen MR) is 69.7 cm³/mol. The number of aromatic nitrogens is 2. The first-order chi connectivity index (χ1) is 9.28. The number of nitrogens with one attached hydrogen (secondary N) is 1. The van der Waals surface area contributed by atoms with E-state index < -0.39 is 0 Å². The van der Waals surface area contributed by atoms with Gasteiger partial charge in [0.1, 0.15) is 11.6 Å². The minimum absolute atomic E-state index is 0.112. The molecule has 2 heterocycles. The molecule has 0 amide bonds. The Morgan fingerprint density at radius 2 is 2.16 bits per heavy atom. The van der Waals surface area contributed by atoms with Gasteiger partial charge in [0.15, 0.2) is 5.75 Å². The molecule has 0 unspecified atom stereocenters. The Balaban J connectivity index is 2.06. The fourth-order valence-corrected chi connectivity index (χ4v) is 1.77. The van der Waals surface area contributed by atoms with Crippen molar-refractivity contribution < 1.29 is 4.74 Å². The highest BCUT2D eigenvalue weighted by Gasteiger charge is 2.21. The Hall–Kier alpha value is -3.07. The standard InChI is InChI=1S/C13H9N5O/c14-7-8(9-5-6-16-13(15)18-9)12-17-10-3-1-2-4-11(10)19-12/h1-6,17H,(H2,15,16,18)/b12-8+. The van der Waals surface area contributed by atoms with E-state index in [2.05, 4.69) is 21.4 Å². The minimum atomic E-state index is 0.112. The molecule has 0 fully saturated rings. The van der Waals surface area contributed by atoms with Crippen LogP contribution in [0.15, 0.2) is 42.4 Å². The molecule has 19 heavy (non-hydrogen) atoms. The van der Waals surface area contributed by atoms with Crippen molar-refractivity contribution in [3.63, 3.8) is 0 Å². The highest BCUT2D eigenvalue weighted by atomic mass is 16.5. The lowest BCUT2D eigenvalue weighted by molar-refractivity contribution is 0.460. The highest BCUT2D eigenvalue weighted by molar-refractivity contribution is 5.81. The largest absolute Gasteiger partial charge is 0.437 e. The monoisotopic (exact) mass is 251 g/mol. The first kappa shape index (κ1) is 11.0. The van der Waals surface area contributed by atoms with Crippen molar-refractivity contribution in [2.45, 2.75) is 0 Å². The van der Waals surface area contributed by atoms with Gasteiger partial charge in [-0.25, -0.2) is 9.97 Å². The number of allylic oxidation sites excluding steroid dienone is 1. The predicted octanol–water partition coefficient (Wildman–Crippen LogP) is 1.76. The molecule has 0 bridgehead atoms. The van der Waals surface area contributed by atoms with Crippen LogP contribution in [0.1, 0.15) is 5.69 Å². The fourth-order valence-electron chi connectivity index (χ4n) is 1.77. The van der Waals surface area contributed by atoms with E-state index in [1.807, 2.05) is 24.3 Å². The number of nitrogens with zero attached hydrogens (tertiary/aromatic N) is 3. The maximum Gasteiger partial charge on any atom is 0.220 e. The molecule has 6 nitrogen and oxygen atoms in total. The summed E-state index contributed by atoms with van der Waals surface area (Å²) in [4.78, 5) is 7.81. The zero-order valence-electron chi connectivity index (χ0n) is 9.79. The maximum absolute atomic E-state index is 9.28. The molecular weight excluding hydrogens is 242 g/mol. The Morgan fingerprint density at radius 1 is 1.32 bits per heavy atom. The number of hydrogen-bond donors (Lipinski definition) is 2. The SMILES string of the molecule is N#C/C(=C1/Nc2ccccc2O1)c1ccnc(N)n1. The summed E-state index contributed by atoms with van der Waals surface area (Å²) in [7, 11) is 0. The first-order valence-electron chi connectivity index (χ1n) is 5.55. The van der Waals surface area contributed by atoms with Crippen LogP contribution in [0.4, 0.5) is 11.6 Å². The zero-order valence-corrected chi connectivity index (χ0v) is 9.79. The van der Waals surface area contributed by atoms with Gasteiger partial charge in [0, 0.05) is 6.20 Å². The van der Waals surface area contributed by atoms with Crippen LogP contribution in [0, 0.1) is 11.3 Å². The molecule has 0 radical (unpaired) electrons. The van der Waals surface area contributed by atoms with Gasteiger partial charge in [-0.2, -0.15) is 5.26 Å². The molecule has 0 aliphatic carbocycles. The van der Waals surface area contributed by atoms with Gasteiger partial charge in [-0.05, 0) is 18.2 Å². The molecule has 1 aromatic heterocycles. The lowest BCUT2D eigenvalue weighted by atomic mass is 10.2. The second kappa shape index (κ2) is 4.31. The van der Waals surface area contributed by atoms with Crippen molar-refractivity contribution in [3.8, 4) is 11.8 Å². The topological polar surface area (TPSA) is 96.8 Å². The van der Waals surface area contributed by atoms with E-state index in [4.69, 9.17) is 10.5 Å². The second-order valence-electron chi connectivity index (χ2n) is 3.84. The van der Waals surface area contributed by atoms with Crippen LogP contribution in [-0.2, 0) is 0 Å². The van der Waals surface area contributed by atoms with Crippen molar-refractivity contribution >= 4 is 17.2 Å². The third kappa shape index (κ3) is 1.93. The Bertz CT molecular complexity index is 690. The Labute approximate surface area is 109 Å². The minimum Gasteiger partial charge on any atom is -0.437 e. The van der Waals surface area contributed by atoms with Gasteiger partial charge in [-0.3, -0.25) is 0 Å². The second-order valence-corrected chi connectivity index (χ2v) is 3.84. The van der Waals surface area contributed by atoms with Crippen LogP contribution < -0.4 is 15.8 Å². The van der Waals surface area contributed by atoms with Gasteiger partial charge in [0.2, 0.25) is 11.8 Å². The summed E-state index contributed by atoms with van der Waals surface area (Å²) >= 11 is 0. The van der Waals surface area contributed by atoms with Crippen LogP contribution in [0.2, 0.25) is 0 Å². The van der Waals surface area contributed by atoms with E-state index in [1.54, 1.807) is 6.07 Å². The molecule has 0 atom stereocenters. The number of nitriles is 1. The molecule has 1 aromatic carbocycles. The van der Waals surface area contributed by atoms with Gasteiger partial charge in [0.05, 0.1) is 11.4 Å². The number of hydrogen-bond acceptors (Lipinski definition) is 6. The van der Waals surface area contributed by atoms with Gasteiger partial charge >= 0.3 is 0 Å². The van der Waals surface area contributed by atoms with E-state index in [-0.39, 0.29) is 11.5 Å². The number of ether oxygens (including phenoxy) is 1. The smallest absolute Gasteiger partial charge is 0.220 e. The molecule has 0 saturated heterocycles. The van der Waals surface area contributed by atoms with E-state index >= 15 is 0 Å². The zero-order chi connectivity index (χ0) is 13.2. The number of anilines is 2. The fraction of sp³-hybridized carbons (Fsp3) is 0. The highest BCUT2D eigenvalue weighted by Crippen LogP contribution is 2.35. The summed E-state index contributed by atoms with van der Waals surface area (Å²) < 4.78 is 5.60. The van der Waals surface area contributed by atoms with E-state index in [1.165, 1.54) is 6.20 Å². The number of nitrogen functional groups attached to an aromatic ring is 1. The summed E-state index contributed by atoms with van der Waals surface area (Å²) in [6.45, 7) is 0. The average Bonchev–Trinajstić information content (AvgIpc) is 2.83. The summed E-state index contributed by atoms with van der Waals surface area (Å²) in [5, 5.41) is 12.3. The number of fused-ring (bicyclic) bond motifs is 1. The Kier molecular flexibility index (Phi) is 2.50. The summed E-state index contributed by atoms with van der Waals surface area (Å²) in [6, 6.07) is 11.1. The summed E-state index contributed by atoms with van der Waals surface area (Å²) in [5.74, 6) is 1.13. The number of para-hydroxylation sites is 2. The summed E-state index contributed by atoms with van der Waals surface area (Å²) in [6.07, 6.45) is 1.50. The van der Waals surface area contributed by atoms with Crippen molar-refractivity contribution in [1.82, 2.24) is 9.97 Å². The normalized spacial score (nSPS) is 14.9. The first-order valence-corrected chi connectivity index (χ1v) is 5.55. The van der Waals surface area contributed by atoms with Crippen molar-refractivity contribution in [1.29, 1.82) is 5.26 Å². The molecule has 1 aliphatic rings. The molecule has 0 spiro atoms. The van der Waals surface area contributed by atoms with Crippen LogP contribution >= 0.6 is 0 Å². The molecule has 1 aliphatic heterocycles. The van der Waals surface area contributed by atoms with Gasteiger partial charge < -0.3 is 15.8 Å². The number of benzene rings is 1. The molecule has 6 heteroatoms. The van der Waals surface area contributed by atoms with Crippen LogP contribution in [0.5, 0.6) is 5.75 Å². The third-order valence-electron chi connectivity index (χ3n) is 2.62. The Morgan fingerprint density at radius 3 is 2.89 bits per heavy atom. The molecule has 3 N–H and O–H groups in total.